The molecule has 1 fully saturated rings. The summed E-state index contributed by atoms with van der Waals surface area (Å²) in [6, 6.07) is 5.95. The van der Waals surface area contributed by atoms with Crippen LogP contribution in [0.4, 0.5) is 11.5 Å². The van der Waals surface area contributed by atoms with E-state index in [1.54, 1.807) is 0 Å². The Bertz CT molecular complexity index is 801. The molecule has 0 unspecified atom stereocenters. The minimum absolute atomic E-state index is 0.202. The van der Waals surface area contributed by atoms with Crippen LogP contribution in [0.15, 0.2) is 18.2 Å². The van der Waals surface area contributed by atoms with Gasteiger partial charge in [-0.05, 0) is 49.9 Å². The van der Waals surface area contributed by atoms with Crippen molar-refractivity contribution in [3.63, 3.8) is 0 Å². The molecule has 2 heterocycles. The molecule has 1 saturated heterocycles. The van der Waals surface area contributed by atoms with Crippen LogP contribution in [0.3, 0.4) is 0 Å². The minimum Gasteiger partial charge on any atom is -0.350 e. The van der Waals surface area contributed by atoms with Gasteiger partial charge in [0.1, 0.15) is 0 Å². The predicted octanol–water partition coefficient (Wildman–Crippen LogP) is 1.91. The Morgan fingerprint density at radius 3 is 2.85 bits per heavy atom. The lowest BCUT2D eigenvalue weighted by atomic mass is 10.1. The van der Waals surface area contributed by atoms with Crippen LogP contribution in [0.1, 0.15) is 40.9 Å². The number of carbonyl (C=O) groups is 2. The van der Waals surface area contributed by atoms with Crippen molar-refractivity contribution in [1.29, 1.82) is 0 Å². The summed E-state index contributed by atoms with van der Waals surface area (Å²) in [6.07, 6.45) is 2.28. The van der Waals surface area contributed by atoms with Crippen molar-refractivity contribution in [2.75, 3.05) is 25.0 Å². The summed E-state index contributed by atoms with van der Waals surface area (Å²) in [5.41, 5.74) is 3.43. The highest BCUT2D eigenvalue weighted by Crippen LogP contribution is 2.19. The number of amides is 2. The first kappa shape index (κ1) is 17.9. The third-order valence-corrected chi connectivity index (χ3v) is 4.59. The van der Waals surface area contributed by atoms with Crippen molar-refractivity contribution in [2.24, 2.45) is 0 Å². The van der Waals surface area contributed by atoms with Crippen molar-refractivity contribution in [3.8, 4) is 0 Å². The molecule has 0 aliphatic carbocycles. The highest BCUT2D eigenvalue weighted by atomic mass is 16.2. The number of rotatable bonds is 7. The van der Waals surface area contributed by atoms with Gasteiger partial charge in [-0.15, -0.1) is 10.2 Å². The van der Waals surface area contributed by atoms with Crippen LogP contribution in [-0.2, 0) is 4.79 Å². The van der Waals surface area contributed by atoms with Crippen molar-refractivity contribution in [1.82, 2.24) is 25.6 Å². The highest BCUT2D eigenvalue weighted by molar-refractivity contribution is 5.97. The van der Waals surface area contributed by atoms with Crippen molar-refractivity contribution in [2.45, 2.75) is 33.1 Å². The number of nitrogens with zero attached hydrogens (tertiary/aromatic N) is 3. The highest BCUT2D eigenvalue weighted by Gasteiger charge is 2.20. The normalized spacial score (nSPS) is 13.9. The zero-order valence-corrected chi connectivity index (χ0v) is 15.1. The molecule has 0 saturated carbocycles. The van der Waals surface area contributed by atoms with Crippen LogP contribution in [0.5, 0.6) is 0 Å². The van der Waals surface area contributed by atoms with Gasteiger partial charge in [0.2, 0.25) is 5.91 Å². The van der Waals surface area contributed by atoms with E-state index in [9.17, 15) is 9.59 Å². The Morgan fingerprint density at radius 1 is 1.27 bits per heavy atom. The van der Waals surface area contributed by atoms with Crippen LogP contribution in [0.2, 0.25) is 0 Å². The molecule has 8 heteroatoms. The van der Waals surface area contributed by atoms with Crippen molar-refractivity contribution < 1.29 is 9.59 Å². The van der Waals surface area contributed by atoms with E-state index in [4.69, 9.17) is 0 Å². The maximum atomic E-state index is 12.3. The van der Waals surface area contributed by atoms with Gasteiger partial charge in [0.15, 0.2) is 11.5 Å². The molecular formula is C18H24N6O2. The van der Waals surface area contributed by atoms with Gasteiger partial charge in [-0.1, -0.05) is 6.07 Å². The second kappa shape index (κ2) is 7.99. The number of aromatic nitrogens is 3. The molecule has 1 aromatic heterocycles. The van der Waals surface area contributed by atoms with E-state index in [0.717, 1.165) is 30.6 Å². The van der Waals surface area contributed by atoms with Crippen LogP contribution >= 0.6 is 0 Å². The van der Waals surface area contributed by atoms with E-state index in [2.05, 4.69) is 26.0 Å². The molecule has 2 aromatic rings. The fraction of sp³-hybridized carbons (Fsp3) is 0.444. The molecule has 1 aliphatic heterocycles. The summed E-state index contributed by atoms with van der Waals surface area (Å²) in [5, 5.41) is 16.4. The zero-order chi connectivity index (χ0) is 18.5. The number of nitrogens with one attached hydrogen (secondary N) is 3. The third kappa shape index (κ3) is 4.19. The molecule has 1 aliphatic rings. The van der Waals surface area contributed by atoms with Gasteiger partial charge in [-0.25, -0.2) is 0 Å². The third-order valence-electron chi connectivity index (χ3n) is 4.59. The first-order valence-electron chi connectivity index (χ1n) is 8.85. The average molecular weight is 356 g/mol. The lowest BCUT2D eigenvalue weighted by Crippen LogP contribution is -2.31. The Hall–Kier alpha value is -2.90. The summed E-state index contributed by atoms with van der Waals surface area (Å²) < 4.78 is 0. The number of aromatic amines is 1. The standard InChI is InChI=1S/C18H24N6O2/c1-12-6-7-14(11-13(12)2)20-17-16(21-23-22-17)18(26)19-8-4-10-24-9-3-5-15(24)25/h6-7,11H,3-5,8-10H2,1-2H3,(H,19,26)(H2,20,21,22,23). The second-order valence-electron chi connectivity index (χ2n) is 6.54. The summed E-state index contributed by atoms with van der Waals surface area (Å²) in [5.74, 6) is 0.297. The molecular weight excluding hydrogens is 332 g/mol. The van der Waals surface area contributed by atoms with Gasteiger partial charge in [0, 0.05) is 31.7 Å². The molecule has 3 rings (SSSR count). The van der Waals surface area contributed by atoms with E-state index in [1.807, 2.05) is 36.9 Å². The van der Waals surface area contributed by atoms with Crippen molar-refractivity contribution >= 4 is 23.3 Å². The van der Waals surface area contributed by atoms with Gasteiger partial charge >= 0.3 is 0 Å². The molecule has 2 amide bonds. The summed E-state index contributed by atoms with van der Waals surface area (Å²) in [4.78, 5) is 25.7. The molecule has 0 radical (unpaired) electrons. The number of anilines is 2. The summed E-state index contributed by atoms with van der Waals surface area (Å²) in [7, 11) is 0. The molecule has 138 valence electrons. The molecule has 0 atom stereocenters. The Labute approximate surface area is 152 Å². The minimum atomic E-state index is -0.294. The summed E-state index contributed by atoms with van der Waals surface area (Å²) in [6.45, 7) is 6.05. The largest absolute Gasteiger partial charge is 0.350 e. The van der Waals surface area contributed by atoms with Crippen molar-refractivity contribution in [3.05, 3.63) is 35.0 Å². The zero-order valence-electron chi connectivity index (χ0n) is 15.1. The van der Waals surface area contributed by atoms with E-state index in [1.165, 1.54) is 5.56 Å². The molecule has 3 N–H and O–H groups in total. The van der Waals surface area contributed by atoms with Gasteiger partial charge in [-0.3, -0.25) is 9.59 Å². The number of benzene rings is 1. The molecule has 26 heavy (non-hydrogen) atoms. The first-order chi connectivity index (χ1) is 12.5. The lowest BCUT2D eigenvalue weighted by Gasteiger charge is -2.15. The summed E-state index contributed by atoms with van der Waals surface area (Å²) >= 11 is 0. The van der Waals surface area contributed by atoms with Crippen LogP contribution in [0.25, 0.3) is 0 Å². The number of hydrogen-bond acceptors (Lipinski definition) is 5. The first-order valence-corrected chi connectivity index (χ1v) is 8.85. The van der Waals surface area contributed by atoms with Crippen LogP contribution < -0.4 is 10.6 Å². The maximum Gasteiger partial charge on any atom is 0.275 e. The SMILES string of the molecule is Cc1ccc(Nc2n[nH]nc2C(=O)NCCCN2CCCC2=O)cc1C. The maximum absolute atomic E-state index is 12.3. The number of carbonyl (C=O) groups excluding carboxylic acids is 2. The molecule has 0 spiro atoms. The average Bonchev–Trinajstić information content (AvgIpc) is 3.24. The molecule has 8 nitrogen and oxygen atoms in total. The fourth-order valence-electron chi connectivity index (χ4n) is 2.93. The van der Waals surface area contributed by atoms with Crippen LogP contribution in [-0.4, -0.2) is 51.8 Å². The van der Waals surface area contributed by atoms with Crippen LogP contribution in [0, 0.1) is 13.8 Å². The van der Waals surface area contributed by atoms with E-state index in [0.29, 0.717) is 25.3 Å². The van der Waals surface area contributed by atoms with Gasteiger partial charge in [0.05, 0.1) is 0 Å². The smallest absolute Gasteiger partial charge is 0.275 e. The quantitative estimate of drug-likeness (QED) is 0.658. The van der Waals surface area contributed by atoms with Gasteiger partial charge in [-0.2, -0.15) is 5.21 Å². The van der Waals surface area contributed by atoms with Gasteiger partial charge < -0.3 is 15.5 Å². The predicted molar refractivity (Wildman–Crippen MR) is 98.3 cm³/mol. The molecule has 1 aromatic carbocycles. The van der Waals surface area contributed by atoms with Gasteiger partial charge in [0.25, 0.3) is 5.91 Å². The monoisotopic (exact) mass is 356 g/mol. The second-order valence-corrected chi connectivity index (χ2v) is 6.54. The Balaban J connectivity index is 1.52. The molecule has 0 bridgehead atoms. The number of likely N-dealkylation sites (tertiary alicyclic amines) is 1. The van der Waals surface area contributed by atoms with E-state index in [-0.39, 0.29) is 17.5 Å². The lowest BCUT2D eigenvalue weighted by molar-refractivity contribution is -0.127. The Morgan fingerprint density at radius 2 is 2.12 bits per heavy atom. The van der Waals surface area contributed by atoms with E-state index >= 15 is 0 Å². The fourth-order valence-corrected chi connectivity index (χ4v) is 2.93. The number of aryl methyl sites for hydroxylation is 2. The topological polar surface area (TPSA) is 103 Å². The van der Waals surface area contributed by atoms with E-state index < -0.39 is 0 Å². The number of H-pyrrole nitrogens is 1. The number of hydrogen-bond donors (Lipinski definition) is 3. The Kier molecular flexibility index (Phi) is 5.50.